The molecule has 20 rings (SSSR count). The van der Waals surface area contributed by atoms with Crippen LogP contribution in [0.15, 0.2) is 364 Å². The molecule has 0 unspecified atom stereocenters. The summed E-state index contributed by atoms with van der Waals surface area (Å²) in [6.45, 7) is 0. The van der Waals surface area contributed by atoms with Crippen LogP contribution >= 0.6 is 0 Å². The van der Waals surface area contributed by atoms with Gasteiger partial charge in [-0.25, -0.2) is 29.9 Å². The molecule has 14 aromatic carbocycles. The van der Waals surface area contributed by atoms with E-state index in [0.717, 1.165) is 169 Å². The fourth-order valence-corrected chi connectivity index (χ4v) is 14.4. The van der Waals surface area contributed by atoms with Crippen molar-refractivity contribution in [3.8, 4) is 102 Å². The summed E-state index contributed by atoms with van der Waals surface area (Å²) in [5, 5.41) is 0. The van der Waals surface area contributed by atoms with Crippen LogP contribution in [0.4, 0.5) is 0 Å². The average Bonchev–Trinajstić information content (AvgIpc) is 1.58. The van der Waals surface area contributed by atoms with Gasteiger partial charge in [-0.05, 0) is 182 Å². The fourth-order valence-electron chi connectivity index (χ4n) is 14.4. The summed E-state index contributed by atoms with van der Waals surface area (Å²) in [5.74, 6) is 5.06. The molecule has 0 bridgehead atoms. The summed E-state index contributed by atoms with van der Waals surface area (Å²) in [6.07, 6.45) is 0. The van der Waals surface area contributed by atoms with Gasteiger partial charge in [0.05, 0.1) is 66.2 Å². The second-order valence-corrected chi connectivity index (χ2v) is 25.2. The Morgan fingerprint density at radius 2 is 0.265 bits per heavy atom. The van der Waals surface area contributed by atoms with E-state index in [9.17, 15) is 0 Å². The van der Waals surface area contributed by atoms with Gasteiger partial charge in [-0.2, -0.15) is 0 Å². The maximum atomic E-state index is 5.28. The molecule has 12 heteroatoms. The van der Waals surface area contributed by atoms with Crippen LogP contribution in [-0.2, 0) is 0 Å². The number of imidazole rings is 6. The minimum atomic E-state index is 0.843. The van der Waals surface area contributed by atoms with E-state index in [1.807, 2.05) is 72.8 Å². The molecule has 0 aliphatic rings. The van der Waals surface area contributed by atoms with Crippen molar-refractivity contribution in [2.45, 2.75) is 0 Å². The van der Waals surface area contributed by atoms with Crippen LogP contribution in [0.2, 0.25) is 0 Å². The molecule has 0 aliphatic heterocycles. The van der Waals surface area contributed by atoms with Crippen molar-refractivity contribution < 1.29 is 0 Å². The second kappa shape index (κ2) is 25.1. The minimum Gasteiger partial charge on any atom is -0.292 e. The van der Waals surface area contributed by atoms with Crippen LogP contribution in [0.25, 0.3) is 169 Å². The fraction of sp³-hybridized carbons (Fsp3) is 0. The van der Waals surface area contributed by atoms with Gasteiger partial charge in [-0.1, -0.05) is 182 Å². The summed E-state index contributed by atoms with van der Waals surface area (Å²) in [4.78, 5) is 31.7. The van der Waals surface area contributed by atoms with Crippen LogP contribution in [0, 0.1) is 0 Å². The highest BCUT2D eigenvalue weighted by Crippen LogP contribution is 2.42. The van der Waals surface area contributed by atoms with E-state index in [0.29, 0.717) is 0 Å². The second-order valence-electron chi connectivity index (χ2n) is 25.2. The minimum absolute atomic E-state index is 0.843. The Kier molecular flexibility index (Phi) is 14.6. The topological polar surface area (TPSA) is 107 Å². The first-order chi connectivity index (χ1) is 50.6. The molecule has 0 amide bonds. The maximum absolute atomic E-state index is 5.28. The number of benzene rings is 14. The molecule has 102 heavy (non-hydrogen) atoms. The van der Waals surface area contributed by atoms with Gasteiger partial charge in [0.1, 0.15) is 34.9 Å². The number of hydrogen-bond acceptors (Lipinski definition) is 6. The predicted molar refractivity (Wildman–Crippen MR) is 413 cm³/mol. The van der Waals surface area contributed by atoms with Crippen molar-refractivity contribution in [2.24, 2.45) is 0 Å². The van der Waals surface area contributed by atoms with Gasteiger partial charge in [0.2, 0.25) is 0 Å². The normalized spacial score (nSPS) is 11.5. The van der Waals surface area contributed by atoms with Gasteiger partial charge in [-0.3, -0.25) is 27.4 Å². The first-order valence-electron chi connectivity index (χ1n) is 34.1. The number of nitrogens with zero attached hydrogens (tertiary/aromatic N) is 12. The number of para-hydroxylation sites is 18. The zero-order valence-electron chi connectivity index (χ0n) is 55.0. The van der Waals surface area contributed by atoms with Crippen LogP contribution in [0.1, 0.15) is 0 Å². The van der Waals surface area contributed by atoms with E-state index < -0.39 is 0 Å². The number of aromatic nitrogens is 12. The Labute approximate surface area is 586 Å². The van der Waals surface area contributed by atoms with E-state index >= 15 is 0 Å². The van der Waals surface area contributed by atoms with Gasteiger partial charge in [-0.15, -0.1) is 0 Å². The zero-order chi connectivity index (χ0) is 67.5. The Morgan fingerprint density at radius 1 is 0.137 bits per heavy atom. The molecule has 480 valence electrons. The van der Waals surface area contributed by atoms with E-state index in [1.165, 1.54) is 0 Å². The lowest BCUT2D eigenvalue weighted by Gasteiger charge is -2.15. The molecule has 0 spiro atoms. The third-order valence-corrected chi connectivity index (χ3v) is 18.9. The van der Waals surface area contributed by atoms with Crippen molar-refractivity contribution in [3.63, 3.8) is 0 Å². The lowest BCUT2D eigenvalue weighted by atomic mass is 10.0. The van der Waals surface area contributed by atoms with E-state index in [2.05, 4.69) is 319 Å². The summed E-state index contributed by atoms with van der Waals surface area (Å²) in [6, 6.07) is 126. The molecule has 6 aromatic heterocycles. The van der Waals surface area contributed by atoms with Crippen LogP contribution in [0.3, 0.4) is 0 Å². The summed E-state index contributed by atoms with van der Waals surface area (Å²) >= 11 is 0. The monoisotopic (exact) mass is 1310 g/mol. The lowest BCUT2D eigenvalue weighted by Crippen LogP contribution is -2.02. The molecule has 0 saturated carbocycles. The SMILES string of the molecule is c1ccc(-n2c(-c3cc(-c4nc5ccccc5n4-c4ccccc4)cc(-c4nc5ccccc5n4-c4ccccc4)c3)nc3ccccc32)cc1.c1ccc(-n2c(-c3cc(-c4nc5ccccc5n4-c4ccccc4)cc(-c4nc5ccccc5n4-c4ccccc4)c3)nc3ccccc32)cc1. The summed E-state index contributed by atoms with van der Waals surface area (Å²) in [5.41, 5.74) is 23.8. The Balaban J connectivity index is 0.000000141. The zero-order valence-corrected chi connectivity index (χ0v) is 55.0. The molecule has 0 fully saturated rings. The highest BCUT2D eigenvalue weighted by atomic mass is 15.1. The first kappa shape index (κ1) is 59.2. The molecule has 6 heterocycles. The van der Waals surface area contributed by atoms with Gasteiger partial charge in [0.15, 0.2) is 0 Å². The molecule has 20 aromatic rings. The van der Waals surface area contributed by atoms with Crippen molar-refractivity contribution in [1.82, 2.24) is 57.3 Å². The molecule has 0 saturated heterocycles. The molecule has 12 nitrogen and oxygen atoms in total. The van der Waals surface area contributed by atoms with Gasteiger partial charge in [0, 0.05) is 67.5 Å². The van der Waals surface area contributed by atoms with E-state index in [1.54, 1.807) is 0 Å². The number of hydrogen-bond donors (Lipinski definition) is 0. The van der Waals surface area contributed by atoms with Gasteiger partial charge in [0.25, 0.3) is 0 Å². The van der Waals surface area contributed by atoms with Gasteiger partial charge >= 0.3 is 0 Å². The predicted octanol–water partition coefficient (Wildman–Crippen LogP) is 21.4. The van der Waals surface area contributed by atoms with Gasteiger partial charge < -0.3 is 0 Å². The third-order valence-electron chi connectivity index (χ3n) is 18.9. The summed E-state index contributed by atoms with van der Waals surface area (Å²) < 4.78 is 13.5. The van der Waals surface area contributed by atoms with Crippen molar-refractivity contribution in [2.75, 3.05) is 0 Å². The average molecular weight is 1310 g/mol. The lowest BCUT2D eigenvalue weighted by molar-refractivity contribution is 1.08. The molecular weight excluding hydrogens is 1250 g/mol. The van der Waals surface area contributed by atoms with Crippen molar-refractivity contribution in [3.05, 3.63) is 364 Å². The first-order valence-corrected chi connectivity index (χ1v) is 34.1. The van der Waals surface area contributed by atoms with Crippen molar-refractivity contribution in [1.29, 1.82) is 0 Å². The maximum Gasteiger partial charge on any atom is 0.145 e. The number of rotatable bonds is 12. The van der Waals surface area contributed by atoms with E-state index in [-0.39, 0.29) is 0 Å². The van der Waals surface area contributed by atoms with Crippen LogP contribution in [-0.4, -0.2) is 57.3 Å². The smallest absolute Gasteiger partial charge is 0.145 e. The number of fused-ring (bicyclic) bond motifs is 6. The highest BCUT2D eigenvalue weighted by molar-refractivity contribution is 5.93. The van der Waals surface area contributed by atoms with Crippen LogP contribution in [0.5, 0.6) is 0 Å². The standard InChI is InChI=1S/2C45H30N6/c2*1-4-16-34(17-5-1)49-40-25-13-10-22-37(40)46-43(49)31-28-32(44-47-38-23-11-14-26-41(38)50(44)35-18-6-2-7-19-35)30-33(29-31)45-48-39-24-12-15-27-42(39)51(45)36-20-8-3-9-21-36/h2*1-30H. The van der Waals surface area contributed by atoms with Crippen molar-refractivity contribution >= 4 is 66.2 Å². The molecular formula is C90H60N12. The third kappa shape index (κ3) is 10.4. The molecule has 0 N–H and O–H groups in total. The Bertz CT molecular complexity index is 5440. The quantitative estimate of drug-likeness (QED) is 0.121. The molecule has 0 aliphatic carbocycles. The Hall–Kier alpha value is -14.1. The largest absolute Gasteiger partial charge is 0.292 e. The molecule has 0 atom stereocenters. The highest BCUT2D eigenvalue weighted by Gasteiger charge is 2.26. The van der Waals surface area contributed by atoms with E-state index in [4.69, 9.17) is 29.9 Å². The molecule has 0 radical (unpaired) electrons. The van der Waals surface area contributed by atoms with Crippen LogP contribution < -0.4 is 0 Å². The summed E-state index contributed by atoms with van der Waals surface area (Å²) in [7, 11) is 0. The Morgan fingerprint density at radius 3 is 0.412 bits per heavy atom.